The molecular weight excluding hydrogens is 356 g/mol. The van der Waals surface area contributed by atoms with Crippen LogP contribution < -0.4 is 5.32 Å². The molecule has 0 radical (unpaired) electrons. The van der Waals surface area contributed by atoms with Crippen molar-refractivity contribution in [1.29, 1.82) is 0 Å². The van der Waals surface area contributed by atoms with Gasteiger partial charge in [0.2, 0.25) is 5.91 Å². The van der Waals surface area contributed by atoms with Crippen LogP contribution in [0.2, 0.25) is 0 Å². The van der Waals surface area contributed by atoms with E-state index in [2.05, 4.69) is 5.32 Å². The zero-order valence-corrected chi connectivity index (χ0v) is 12.1. The minimum Gasteiger partial charge on any atom is -0.325 e. The maximum absolute atomic E-state index is 13.0. The number of halogens is 2. The third-order valence-electron chi connectivity index (χ3n) is 3.36. The molecule has 0 saturated carbocycles. The van der Waals surface area contributed by atoms with Gasteiger partial charge in [0, 0.05) is 3.57 Å². The molecule has 0 aliphatic heterocycles. The first-order valence-corrected chi connectivity index (χ1v) is 7.07. The molecule has 2 nitrogen and oxygen atoms in total. The Kier molecular flexibility index (Phi) is 3.26. The van der Waals surface area contributed by atoms with Gasteiger partial charge in [-0.15, -0.1) is 0 Å². The fraction of sp³-hybridized carbons (Fsp3) is 0.133. The Balaban J connectivity index is 1.77. The lowest BCUT2D eigenvalue weighted by Crippen LogP contribution is -2.30. The van der Waals surface area contributed by atoms with E-state index < -0.39 is 0 Å². The van der Waals surface area contributed by atoms with E-state index in [0.29, 0.717) is 9.26 Å². The molecule has 0 aromatic heterocycles. The molecule has 1 unspecified atom stereocenters. The molecule has 2 aromatic rings. The van der Waals surface area contributed by atoms with E-state index in [4.69, 9.17) is 0 Å². The Morgan fingerprint density at radius 2 is 2.05 bits per heavy atom. The Morgan fingerprint density at radius 1 is 1.26 bits per heavy atom. The monoisotopic (exact) mass is 367 g/mol. The van der Waals surface area contributed by atoms with Crippen molar-refractivity contribution in [3.63, 3.8) is 0 Å². The number of nitrogens with one attached hydrogen (secondary N) is 1. The van der Waals surface area contributed by atoms with Crippen LogP contribution in [-0.4, -0.2) is 5.91 Å². The highest BCUT2D eigenvalue weighted by molar-refractivity contribution is 14.1. The van der Waals surface area contributed by atoms with Crippen molar-refractivity contribution in [2.45, 2.75) is 12.3 Å². The number of carbonyl (C=O) groups is 1. The van der Waals surface area contributed by atoms with Gasteiger partial charge in [-0.3, -0.25) is 4.79 Å². The summed E-state index contributed by atoms with van der Waals surface area (Å²) in [5.74, 6) is -0.406. The molecule has 0 fully saturated rings. The van der Waals surface area contributed by atoms with Crippen LogP contribution in [0.5, 0.6) is 0 Å². The number of benzene rings is 2. The molecule has 1 atom stereocenters. The number of amides is 1. The van der Waals surface area contributed by atoms with Gasteiger partial charge < -0.3 is 5.32 Å². The van der Waals surface area contributed by atoms with Crippen LogP contribution in [0.25, 0.3) is 0 Å². The van der Waals surface area contributed by atoms with Crippen molar-refractivity contribution in [1.82, 2.24) is 0 Å². The predicted molar refractivity (Wildman–Crippen MR) is 80.6 cm³/mol. The third kappa shape index (κ3) is 2.36. The van der Waals surface area contributed by atoms with Crippen molar-refractivity contribution >= 4 is 34.2 Å². The van der Waals surface area contributed by atoms with Gasteiger partial charge in [0.15, 0.2) is 0 Å². The quantitative estimate of drug-likeness (QED) is 0.806. The summed E-state index contributed by atoms with van der Waals surface area (Å²) in [5.41, 5.74) is 2.99. The van der Waals surface area contributed by atoms with E-state index in [-0.39, 0.29) is 17.6 Å². The summed E-state index contributed by atoms with van der Waals surface area (Å²) in [6, 6.07) is 12.3. The highest BCUT2D eigenvalue weighted by Gasteiger charge is 2.31. The Hall–Kier alpha value is -1.43. The molecule has 4 heteroatoms. The topological polar surface area (TPSA) is 29.1 Å². The van der Waals surface area contributed by atoms with Crippen molar-refractivity contribution in [3.8, 4) is 0 Å². The predicted octanol–water partition coefficient (Wildman–Crippen LogP) is 3.71. The lowest BCUT2D eigenvalue weighted by atomic mass is 9.77. The number of rotatable bonds is 2. The van der Waals surface area contributed by atoms with Crippen LogP contribution in [-0.2, 0) is 11.2 Å². The van der Waals surface area contributed by atoms with E-state index in [1.54, 1.807) is 6.07 Å². The van der Waals surface area contributed by atoms with Crippen molar-refractivity contribution in [2.24, 2.45) is 0 Å². The van der Waals surface area contributed by atoms with E-state index in [0.717, 1.165) is 12.0 Å². The summed E-state index contributed by atoms with van der Waals surface area (Å²) >= 11 is 2.02. The third-order valence-corrected chi connectivity index (χ3v) is 4.25. The molecule has 0 heterocycles. The smallest absolute Gasteiger partial charge is 0.232 e. The van der Waals surface area contributed by atoms with E-state index in [1.165, 1.54) is 17.7 Å². The van der Waals surface area contributed by atoms with Crippen LogP contribution in [0.4, 0.5) is 10.1 Å². The van der Waals surface area contributed by atoms with Crippen LogP contribution in [0.15, 0.2) is 42.5 Å². The SMILES string of the molecule is O=C(Nc1ccc(F)cc1I)C1Cc2ccccc21. The highest BCUT2D eigenvalue weighted by Crippen LogP contribution is 2.35. The minimum atomic E-state index is -0.295. The molecule has 0 saturated heterocycles. The second-order valence-corrected chi connectivity index (χ2v) is 5.73. The average molecular weight is 367 g/mol. The largest absolute Gasteiger partial charge is 0.325 e. The number of hydrogen-bond donors (Lipinski definition) is 1. The molecule has 3 rings (SSSR count). The van der Waals surface area contributed by atoms with Gasteiger partial charge in [-0.25, -0.2) is 4.39 Å². The normalized spacial score (nSPS) is 16.4. The van der Waals surface area contributed by atoms with Gasteiger partial charge in [-0.05, 0) is 58.3 Å². The van der Waals surface area contributed by atoms with E-state index >= 15 is 0 Å². The molecule has 0 spiro atoms. The van der Waals surface area contributed by atoms with E-state index in [9.17, 15) is 9.18 Å². The first-order valence-electron chi connectivity index (χ1n) is 5.99. The molecular formula is C15H11FINO. The molecule has 0 bridgehead atoms. The zero-order chi connectivity index (χ0) is 13.4. The van der Waals surface area contributed by atoms with Crippen LogP contribution in [0.1, 0.15) is 17.0 Å². The summed E-state index contributed by atoms with van der Waals surface area (Å²) in [4.78, 5) is 12.2. The minimum absolute atomic E-state index is 0.0248. The Bertz CT molecular complexity index is 656. The maximum atomic E-state index is 13.0. The van der Waals surface area contributed by atoms with Crippen LogP contribution in [0, 0.1) is 9.39 Å². The first-order chi connectivity index (χ1) is 9.15. The summed E-state index contributed by atoms with van der Waals surface area (Å²) in [6.07, 6.45) is 0.778. The fourth-order valence-electron chi connectivity index (χ4n) is 2.30. The number of hydrogen-bond acceptors (Lipinski definition) is 1. The lowest BCUT2D eigenvalue weighted by molar-refractivity contribution is -0.118. The molecule has 1 aliphatic carbocycles. The molecule has 1 amide bonds. The van der Waals surface area contributed by atoms with Crippen LogP contribution in [0.3, 0.4) is 0 Å². The zero-order valence-electron chi connectivity index (χ0n) is 9.99. The van der Waals surface area contributed by atoms with Gasteiger partial charge in [-0.1, -0.05) is 24.3 Å². The Morgan fingerprint density at radius 3 is 2.79 bits per heavy atom. The van der Waals surface area contributed by atoms with Crippen molar-refractivity contribution < 1.29 is 9.18 Å². The molecule has 96 valence electrons. The summed E-state index contributed by atoms with van der Waals surface area (Å²) in [7, 11) is 0. The second-order valence-electron chi connectivity index (χ2n) is 4.57. The van der Waals surface area contributed by atoms with Crippen LogP contribution >= 0.6 is 22.6 Å². The molecule has 1 N–H and O–H groups in total. The van der Waals surface area contributed by atoms with Crippen molar-refractivity contribution in [2.75, 3.05) is 5.32 Å². The number of carbonyl (C=O) groups excluding carboxylic acids is 1. The Labute approximate surface area is 124 Å². The molecule has 1 aliphatic rings. The highest BCUT2D eigenvalue weighted by atomic mass is 127. The van der Waals surface area contributed by atoms with Gasteiger partial charge in [0.25, 0.3) is 0 Å². The summed E-state index contributed by atoms with van der Waals surface area (Å²) in [6.45, 7) is 0. The van der Waals surface area contributed by atoms with Crippen molar-refractivity contribution in [3.05, 3.63) is 63.0 Å². The summed E-state index contributed by atoms with van der Waals surface area (Å²) < 4.78 is 13.7. The maximum Gasteiger partial charge on any atom is 0.232 e. The number of fused-ring (bicyclic) bond motifs is 1. The summed E-state index contributed by atoms with van der Waals surface area (Å²) in [5, 5.41) is 2.87. The van der Waals surface area contributed by atoms with Gasteiger partial charge >= 0.3 is 0 Å². The lowest BCUT2D eigenvalue weighted by Gasteiger charge is -2.29. The fourth-order valence-corrected chi connectivity index (χ4v) is 2.92. The van der Waals surface area contributed by atoms with Gasteiger partial charge in [0.05, 0.1) is 11.6 Å². The second kappa shape index (κ2) is 4.92. The first kappa shape index (κ1) is 12.6. The number of anilines is 1. The van der Waals surface area contributed by atoms with E-state index in [1.807, 2.05) is 46.9 Å². The van der Waals surface area contributed by atoms with Gasteiger partial charge in [0.1, 0.15) is 5.82 Å². The standard InChI is InChI=1S/C15H11FINO/c16-10-5-6-14(13(17)8-10)18-15(19)12-7-9-3-1-2-4-11(9)12/h1-6,8,12H,7H2,(H,18,19). The molecule has 19 heavy (non-hydrogen) atoms. The molecule has 2 aromatic carbocycles. The van der Waals surface area contributed by atoms with Gasteiger partial charge in [-0.2, -0.15) is 0 Å². The average Bonchev–Trinajstić information content (AvgIpc) is 2.34.